The SMILES string of the molecule is Cc1cc(C)n(CC(=O)NNC(=S)Nc2ccccc2C)n1. The van der Waals surface area contributed by atoms with Crippen LogP contribution in [-0.2, 0) is 11.3 Å². The van der Waals surface area contributed by atoms with Gasteiger partial charge < -0.3 is 5.32 Å². The quantitative estimate of drug-likeness (QED) is 0.595. The van der Waals surface area contributed by atoms with Gasteiger partial charge in [-0.05, 0) is 50.7 Å². The van der Waals surface area contributed by atoms with Crippen LogP contribution in [0.2, 0.25) is 0 Å². The molecule has 1 heterocycles. The van der Waals surface area contributed by atoms with Crippen molar-refractivity contribution in [1.82, 2.24) is 20.6 Å². The van der Waals surface area contributed by atoms with Gasteiger partial charge in [-0.1, -0.05) is 18.2 Å². The third kappa shape index (κ3) is 4.29. The van der Waals surface area contributed by atoms with Crippen molar-refractivity contribution in [1.29, 1.82) is 0 Å². The number of aromatic nitrogens is 2. The van der Waals surface area contributed by atoms with Crippen LogP contribution in [0.25, 0.3) is 0 Å². The third-order valence-electron chi connectivity index (χ3n) is 3.11. The molecule has 0 bridgehead atoms. The van der Waals surface area contributed by atoms with E-state index in [1.165, 1.54) is 0 Å². The van der Waals surface area contributed by atoms with Crippen molar-refractivity contribution in [2.45, 2.75) is 27.3 Å². The first-order valence-electron chi connectivity index (χ1n) is 6.88. The van der Waals surface area contributed by atoms with E-state index in [9.17, 15) is 4.79 Å². The minimum absolute atomic E-state index is 0.139. The average molecular weight is 317 g/mol. The summed E-state index contributed by atoms with van der Waals surface area (Å²) in [5.74, 6) is -0.222. The van der Waals surface area contributed by atoms with E-state index in [1.807, 2.05) is 51.1 Å². The summed E-state index contributed by atoms with van der Waals surface area (Å²) in [6, 6.07) is 9.69. The van der Waals surface area contributed by atoms with E-state index < -0.39 is 0 Å². The standard InChI is InChI=1S/C15H19N5OS/c1-10-6-4-5-7-13(10)16-15(22)18-17-14(21)9-20-12(3)8-11(2)19-20/h4-8H,9H2,1-3H3,(H,17,21)(H2,16,18,22). The van der Waals surface area contributed by atoms with Gasteiger partial charge in [-0.3, -0.25) is 20.3 Å². The monoisotopic (exact) mass is 317 g/mol. The van der Waals surface area contributed by atoms with Crippen LogP contribution in [0.4, 0.5) is 5.69 Å². The lowest BCUT2D eigenvalue weighted by molar-refractivity contribution is -0.122. The number of hydrogen-bond donors (Lipinski definition) is 3. The molecule has 0 fully saturated rings. The number of aryl methyl sites for hydroxylation is 3. The second-order valence-electron chi connectivity index (χ2n) is 5.03. The molecule has 0 saturated carbocycles. The first-order valence-corrected chi connectivity index (χ1v) is 7.29. The van der Waals surface area contributed by atoms with Crippen LogP contribution in [0.5, 0.6) is 0 Å². The van der Waals surface area contributed by atoms with E-state index in [1.54, 1.807) is 4.68 Å². The first kappa shape index (κ1) is 16.0. The molecule has 2 aromatic rings. The molecule has 0 saturated heterocycles. The van der Waals surface area contributed by atoms with Crippen molar-refractivity contribution in [3.05, 3.63) is 47.3 Å². The summed E-state index contributed by atoms with van der Waals surface area (Å²) in [4.78, 5) is 11.9. The number of rotatable bonds is 3. The van der Waals surface area contributed by atoms with Crippen LogP contribution in [0, 0.1) is 20.8 Å². The number of anilines is 1. The molecule has 2 rings (SSSR count). The van der Waals surface area contributed by atoms with Crippen LogP contribution in [-0.4, -0.2) is 20.8 Å². The van der Waals surface area contributed by atoms with Gasteiger partial charge in [0.05, 0.1) is 5.69 Å². The summed E-state index contributed by atoms with van der Waals surface area (Å²) in [6.07, 6.45) is 0. The fourth-order valence-corrected chi connectivity index (χ4v) is 2.16. The van der Waals surface area contributed by atoms with Gasteiger partial charge >= 0.3 is 0 Å². The Morgan fingerprint density at radius 1 is 1.23 bits per heavy atom. The lowest BCUT2D eigenvalue weighted by atomic mass is 10.2. The highest BCUT2D eigenvalue weighted by Gasteiger charge is 2.07. The maximum atomic E-state index is 11.9. The summed E-state index contributed by atoms with van der Waals surface area (Å²) in [6.45, 7) is 5.91. The van der Waals surface area contributed by atoms with Gasteiger partial charge in [-0.25, -0.2) is 0 Å². The fourth-order valence-electron chi connectivity index (χ4n) is 2.00. The zero-order chi connectivity index (χ0) is 16.1. The Morgan fingerprint density at radius 3 is 2.59 bits per heavy atom. The smallest absolute Gasteiger partial charge is 0.260 e. The van der Waals surface area contributed by atoms with Crippen LogP contribution >= 0.6 is 12.2 Å². The van der Waals surface area contributed by atoms with Crippen molar-refractivity contribution in [2.24, 2.45) is 0 Å². The third-order valence-corrected chi connectivity index (χ3v) is 3.31. The molecule has 1 aromatic heterocycles. The zero-order valence-corrected chi connectivity index (χ0v) is 13.6. The molecule has 7 heteroatoms. The second kappa shape index (κ2) is 7.04. The molecule has 1 amide bonds. The number of carbonyl (C=O) groups is 1. The molecule has 3 N–H and O–H groups in total. The lowest BCUT2D eigenvalue weighted by Crippen LogP contribution is -2.45. The molecule has 116 valence electrons. The second-order valence-corrected chi connectivity index (χ2v) is 5.44. The number of amides is 1. The molecular weight excluding hydrogens is 298 g/mol. The summed E-state index contributed by atoms with van der Waals surface area (Å²) in [7, 11) is 0. The molecule has 0 atom stereocenters. The van der Waals surface area contributed by atoms with Crippen molar-refractivity contribution in [2.75, 3.05) is 5.32 Å². The number of para-hydroxylation sites is 1. The number of nitrogens with one attached hydrogen (secondary N) is 3. The predicted octanol–water partition coefficient (Wildman–Crippen LogP) is 1.83. The van der Waals surface area contributed by atoms with E-state index >= 15 is 0 Å². The van der Waals surface area contributed by atoms with E-state index in [0.29, 0.717) is 5.11 Å². The summed E-state index contributed by atoms with van der Waals surface area (Å²) >= 11 is 5.15. The Kier molecular flexibility index (Phi) is 5.11. The highest BCUT2D eigenvalue weighted by molar-refractivity contribution is 7.80. The highest BCUT2D eigenvalue weighted by atomic mass is 32.1. The van der Waals surface area contributed by atoms with Crippen molar-refractivity contribution in [3.63, 3.8) is 0 Å². The highest BCUT2D eigenvalue weighted by Crippen LogP contribution is 2.12. The number of hydrazine groups is 1. The summed E-state index contributed by atoms with van der Waals surface area (Å²) in [5, 5.41) is 7.59. The minimum atomic E-state index is -0.222. The van der Waals surface area contributed by atoms with E-state index in [4.69, 9.17) is 12.2 Å². The number of carbonyl (C=O) groups excluding carboxylic acids is 1. The maximum Gasteiger partial charge on any atom is 0.260 e. The Bertz CT molecular complexity index is 695. The number of hydrogen-bond acceptors (Lipinski definition) is 3. The summed E-state index contributed by atoms with van der Waals surface area (Å²) in [5.41, 5.74) is 9.03. The molecule has 1 aromatic carbocycles. The van der Waals surface area contributed by atoms with Crippen molar-refractivity contribution < 1.29 is 4.79 Å². The van der Waals surface area contributed by atoms with Gasteiger partial charge in [-0.15, -0.1) is 0 Å². The maximum absolute atomic E-state index is 11.9. The van der Waals surface area contributed by atoms with Crippen LogP contribution in [0.15, 0.2) is 30.3 Å². The zero-order valence-electron chi connectivity index (χ0n) is 12.8. The number of benzene rings is 1. The number of thiocarbonyl (C=S) groups is 1. The van der Waals surface area contributed by atoms with Gasteiger partial charge in [0, 0.05) is 11.4 Å². The molecule has 0 radical (unpaired) electrons. The van der Waals surface area contributed by atoms with E-state index in [-0.39, 0.29) is 12.5 Å². The van der Waals surface area contributed by atoms with Gasteiger partial charge in [0.2, 0.25) is 0 Å². The Hall–Kier alpha value is -2.41. The normalized spacial score (nSPS) is 10.1. The van der Waals surface area contributed by atoms with Gasteiger partial charge in [0.1, 0.15) is 6.54 Å². The largest absolute Gasteiger partial charge is 0.331 e. The van der Waals surface area contributed by atoms with Crippen molar-refractivity contribution in [3.8, 4) is 0 Å². The minimum Gasteiger partial charge on any atom is -0.331 e. The molecule has 6 nitrogen and oxygen atoms in total. The molecule has 0 aliphatic carbocycles. The van der Waals surface area contributed by atoms with Crippen molar-refractivity contribution >= 4 is 28.9 Å². The van der Waals surface area contributed by atoms with Gasteiger partial charge in [-0.2, -0.15) is 5.10 Å². The number of nitrogens with zero attached hydrogens (tertiary/aromatic N) is 2. The first-order chi connectivity index (χ1) is 10.5. The summed E-state index contributed by atoms with van der Waals surface area (Å²) < 4.78 is 1.64. The topological polar surface area (TPSA) is 71.0 Å². The van der Waals surface area contributed by atoms with E-state index in [2.05, 4.69) is 21.3 Å². The van der Waals surface area contributed by atoms with Crippen LogP contribution < -0.4 is 16.2 Å². The van der Waals surface area contributed by atoms with Crippen LogP contribution in [0.1, 0.15) is 17.0 Å². The van der Waals surface area contributed by atoms with Gasteiger partial charge in [0.25, 0.3) is 5.91 Å². The molecular formula is C15H19N5OS. The Labute approximate surface area is 134 Å². The fraction of sp³-hybridized carbons (Fsp3) is 0.267. The predicted molar refractivity (Wildman–Crippen MR) is 90.4 cm³/mol. The molecule has 0 aliphatic rings. The average Bonchev–Trinajstić information content (AvgIpc) is 2.77. The molecule has 0 unspecified atom stereocenters. The molecule has 22 heavy (non-hydrogen) atoms. The lowest BCUT2D eigenvalue weighted by Gasteiger charge is -2.13. The van der Waals surface area contributed by atoms with E-state index in [0.717, 1.165) is 22.6 Å². The Morgan fingerprint density at radius 2 is 1.95 bits per heavy atom. The van der Waals surface area contributed by atoms with Gasteiger partial charge in [0.15, 0.2) is 5.11 Å². The molecule has 0 spiro atoms. The Balaban J connectivity index is 1.82. The van der Waals surface area contributed by atoms with Crippen LogP contribution in [0.3, 0.4) is 0 Å². The molecule has 0 aliphatic heterocycles.